The molecule has 0 radical (unpaired) electrons. The topological polar surface area (TPSA) is 105 Å². The highest BCUT2D eigenvalue weighted by atomic mass is 32.2. The summed E-state index contributed by atoms with van der Waals surface area (Å²) in [6, 6.07) is 3.52. The SMILES string of the molecule is Cc1ccc(CN(C)S(=O)(=O)c2cn[nH]c2N)o1. The van der Waals surface area contributed by atoms with Gasteiger partial charge in [-0.3, -0.25) is 5.10 Å². The van der Waals surface area contributed by atoms with E-state index >= 15 is 0 Å². The van der Waals surface area contributed by atoms with E-state index in [2.05, 4.69) is 10.2 Å². The number of aryl methyl sites for hydroxylation is 1. The first-order valence-electron chi connectivity index (χ1n) is 5.22. The van der Waals surface area contributed by atoms with E-state index in [1.165, 1.54) is 13.2 Å². The Labute approximate surface area is 105 Å². The highest BCUT2D eigenvalue weighted by Gasteiger charge is 2.25. The van der Waals surface area contributed by atoms with E-state index in [0.717, 1.165) is 10.1 Å². The lowest BCUT2D eigenvalue weighted by atomic mass is 10.4. The van der Waals surface area contributed by atoms with Crippen molar-refractivity contribution in [1.29, 1.82) is 0 Å². The highest BCUT2D eigenvalue weighted by molar-refractivity contribution is 7.89. The van der Waals surface area contributed by atoms with Crippen molar-refractivity contribution in [2.24, 2.45) is 0 Å². The van der Waals surface area contributed by atoms with Gasteiger partial charge in [0.05, 0.1) is 12.7 Å². The van der Waals surface area contributed by atoms with Crippen LogP contribution in [-0.2, 0) is 16.6 Å². The minimum atomic E-state index is -3.66. The second-order valence-electron chi connectivity index (χ2n) is 3.92. The van der Waals surface area contributed by atoms with Crippen LogP contribution in [-0.4, -0.2) is 30.0 Å². The van der Waals surface area contributed by atoms with Gasteiger partial charge in [0.25, 0.3) is 0 Å². The van der Waals surface area contributed by atoms with Crippen LogP contribution in [0.2, 0.25) is 0 Å². The maximum Gasteiger partial charge on any atom is 0.248 e. The van der Waals surface area contributed by atoms with Crippen molar-refractivity contribution in [1.82, 2.24) is 14.5 Å². The summed E-state index contributed by atoms with van der Waals surface area (Å²) in [5.74, 6) is 1.33. The Balaban J connectivity index is 2.23. The number of anilines is 1. The van der Waals surface area contributed by atoms with Gasteiger partial charge in [-0.1, -0.05) is 0 Å². The molecule has 98 valence electrons. The number of aromatic nitrogens is 2. The zero-order valence-electron chi connectivity index (χ0n) is 10.0. The van der Waals surface area contributed by atoms with E-state index in [4.69, 9.17) is 10.2 Å². The number of hydrogen-bond acceptors (Lipinski definition) is 5. The number of aromatic amines is 1. The Morgan fingerprint density at radius 2 is 2.22 bits per heavy atom. The fraction of sp³-hybridized carbons (Fsp3) is 0.300. The van der Waals surface area contributed by atoms with Crippen LogP contribution in [0.3, 0.4) is 0 Å². The molecule has 0 amide bonds. The van der Waals surface area contributed by atoms with Gasteiger partial charge in [0.1, 0.15) is 22.2 Å². The molecule has 0 aromatic carbocycles. The molecule has 8 heteroatoms. The molecule has 2 heterocycles. The van der Waals surface area contributed by atoms with Gasteiger partial charge in [0, 0.05) is 7.05 Å². The van der Waals surface area contributed by atoms with Gasteiger partial charge in [0.2, 0.25) is 10.0 Å². The van der Waals surface area contributed by atoms with Gasteiger partial charge in [0.15, 0.2) is 0 Å². The predicted octanol–water partition coefficient (Wildman–Crippen LogP) is 0.714. The fourth-order valence-corrected chi connectivity index (χ4v) is 2.68. The molecule has 2 rings (SSSR count). The average Bonchev–Trinajstić information content (AvgIpc) is 2.87. The molecular weight excluding hydrogens is 256 g/mol. The van der Waals surface area contributed by atoms with Crippen LogP contribution in [0, 0.1) is 6.92 Å². The lowest BCUT2D eigenvalue weighted by Crippen LogP contribution is -2.26. The van der Waals surface area contributed by atoms with Crippen LogP contribution in [0.15, 0.2) is 27.6 Å². The molecule has 2 aromatic heterocycles. The number of nitrogens with one attached hydrogen (secondary N) is 1. The van der Waals surface area contributed by atoms with E-state index in [-0.39, 0.29) is 17.3 Å². The van der Waals surface area contributed by atoms with E-state index in [1.54, 1.807) is 19.1 Å². The molecule has 0 spiro atoms. The van der Waals surface area contributed by atoms with Crippen molar-refractivity contribution in [2.45, 2.75) is 18.4 Å². The molecule has 0 fully saturated rings. The Morgan fingerprint density at radius 3 is 2.72 bits per heavy atom. The Kier molecular flexibility index (Phi) is 3.14. The van der Waals surface area contributed by atoms with Crippen molar-refractivity contribution in [3.8, 4) is 0 Å². The monoisotopic (exact) mass is 270 g/mol. The van der Waals surface area contributed by atoms with Crippen LogP contribution in [0.25, 0.3) is 0 Å². The Morgan fingerprint density at radius 1 is 1.50 bits per heavy atom. The summed E-state index contributed by atoms with van der Waals surface area (Å²) in [5, 5.41) is 6.00. The van der Waals surface area contributed by atoms with Crippen LogP contribution in [0.5, 0.6) is 0 Å². The molecule has 0 unspecified atom stereocenters. The molecule has 0 bridgehead atoms. The maximum atomic E-state index is 12.2. The van der Waals surface area contributed by atoms with Gasteiger partial charge in [-0.2, -0.15) is 9.40 Å². The number of nitrogens with two attached hydrogens (primary N) is 1. The quantitative estimate of drug-likeness (QED) is 0.851. The van der Waals surface area contributed by atoms with Gasteiger partial charge >= 0.3 is 0 Å². The third-order valence-electron chi connectivity index (χ3n) is 2.50. The smallest absolute Gasteiger partial charge is 0.248 e. The first-order valence-corrected chi connectivity index (χ1v) is 6.66. The van der Waals surface area contributed by atoms with Crippen LogP contribution < -0.4 is 5.73 Å². The third-order valence-corrected chi connectivity index (χ3v) is 4.33. The third kappa shape index (κ3) is 2.24. The first-order chi connectivity index (χ1) is 8.41. The Bertz CT molecular complexity index is 644. The number of furan rings is 1. The second-order valence-corrected chi connectivity index (χ2v) is 5.93. The molecule has 0 atom stereocenters. The van der Waals surface area contributed by atoms with Gasteiger partial charge in [-0.25, -0.2) is 8.42 Å². The van der Waals surface area contributed by atoms with Crippen LogP contribution >= 0.6 is 0 Å². The van der Waals surface area contributed by atoms with E-state index in [9.17, 15) is 8.42 Å². The van der Waals surface area contributed by atoms with Crippen molar-refractivity contribution >= 4 is 15.8 Å². The van der Waals surface area contributed by atoms with E-state index in [0.29, 0.717) is 5.76 Å². The molecule has 0 aliphatic rings. The lowest BCUT2D eigenvalue weighted by molar-refractivity contribution is 0.397. The number of sulfonamides is 1. The van der Waals surface area contributed by atoms with Gasteiger partial charge in [-0.05, 0) is 19.1 Å². The zero-order chi connectivity index (χ0) is 13.3. The maximum absolute atomic E-state index is 12.2. The molecule has 0 saturated heterocycles. The molecular formula is C10H14N4O3S. The van der Waals surface area contributed by atoms with Crippen molar-refractivity contribution in [2.75, 3.05) is 12.8 Å². The molecule has 3 N–H and O–H groups in total. The second kappa shape index (κ2) is 4.46. The summed E-state index contributed by atoms with van der Waals surface area (Å²) in [7, 11) is -2.20. The molecule has 2 aromatic rings. The van der Waals surface area contributed by atoms with E-state index < -0.39 is 10.0 Å². The van der Waals surface area contributed by atoms with Crippen molar-refractivity contribution in [3.05, 3.63) is 29.9 Å². The number of nitrogens with zero attached hydrogens (tertiary/aromatic N) is 2. The lowest BCUT2D eigenvalue weighted by Gasteiger charge is -2.14. The highest BCUT2D eigenvalue weighted by Crippen LogP contribution is 2.20. The summed E-state index contributed by atoms with van der Waals surface area (Å²) in [4.78, 5) is -0.0340. The molecule has 0 aliphatic heterocycles. The molecule has 18 heavy (non-hydrogen) atoms. The average molecular weight is 270 g/mol. The fourth-order valence-electron chi connectivity index (χ4n) is 1.53. The predicted molar refractivity (Wildman–Crippen MR) is 65.1 cm³/mol. The normalized spacial score (nSPS) is 12.2. The number of hydrogen-bond donors (Lipinski definition) is 2. The summed E-state index contributed by atoms with van der Waals surface area (Å²) < 4.78 is 30.8. The molecule has 7 nitrogen and oxygen atoms in total. The number of rotatable bonds is 4. The first kappa shape index (κ1) is 12.7. The minimum Gasteiger partial charge on any atom is -0.465 e. The number of nitrogen functional groups attached to an aromatic ring is 1. The van der Waals surface area contributed by atoms with Gasteiger partial charge in [-0.15, -0.1) is 0 Å². The van der Waals surface area contributed by atoms with E-state index in [1.807, 2.05) is 0 Å². The van der Waals surface area contributed by atoms with Crippen LogP contribution in [0.4, 0.5) is 5.82 Å². The molecule has 0 saturated carbocycles. The largest absolute Gasteiger partial charge is 0.465 e. The van der Waals surface area contributed by atoms with Crippen LogP contribution in [0.1, 0.15) is 11.5 Å². The molecule has 0 aliphatic carbocycles. The summed E-state index contributed by atoms with van der Waals surface area (Å²) in [6.07, 6.45) is 1.19. The zero-order valence-corrected chi connectivity index (χ0v) is 10.9. The standard InChI is InChI=1S/C10H14N4O3S/c1-7-3-4-8(17-7)6-14(2)18(15,16)9-5-12-13-10(9)11/h3-5H,6H2,1-2H3,(H3,11,12,13). The Hall–Kier alpha value is -1.80. The summed E-state index contributed by atoms with van der Waals surface area (Å²) >= 11 is 0. The van der Waals surface area contributed by atoms with Crippen molar-refractivity contribution in [3.63, 3.8) is 0 Å². The summed E-state index contributed by atoms with van der Waals surface area (Å²) in [5.41, 5.74) is 5.51. The van der Waals surface area contributed by atoms with Crippen molar-refractivity contribution < 1.29 is 12.8 Å². The summed E-state index contributed by atoms with van der Waals surface area (Å²) in [6.45, 7) is 1.94. The van der Waals surface area contributed by atoms with Gasteiger partial charge < -0.3 is 10.2 Å². The number of H-pyrrole nitrogens is 1. The minimum absolute atomic E-state index is 0.0254.